The zero-order valence-electron chi connectivity index (χ0n) is 20.6. The lowest BCUT2D eigenvalue weighted by molar-refractivity contribution is 0.0139. The van der Waals surface area contributed by atoms with Crippen LogP contribution in [0.2, 0.25) is 0 Å². The molecule has 0 bridgehead atoms. The number of hydrogen-bond donors (Lipinski definition) is 0. The molecule has 5 heteroatoms. The second kappa shape index (κ2) is 12.0. The smallest absolute Gasteiger partial charge is 0.410 e. The Balaban J connectivity index is 1.47. The van der Waals surface area contributed by atoms with Crippen LogP contribution in [0.3, 0.4) is 0 Å². The fourth-order valence-corrected chi connectivity index (χ4v) is 4.29. The number of likely N-dealkylation sites (tertiary alicyclic amines) is 1. The Hall–Kier alpha value is -2.69. The molecule has 180 valence electrons. The molecular weight excluding hydrogens is 414 g/mol. The lowest BCUT2D eigenvalue weighted by Crippen LogP contribution is -2.44. The minimum absolute atomic E-state index is 0.220. The average Bonchev–Trinajstić information content (AvgIpc) is 2.80. The van der Waals surface area contributed by atoms with Crippen LogP contribution in [0.5, 0.6) is 11.5 Å². The van der Waals surface area contributed by atoms with E-state index in [1.165, 1.54) is 11.1 Å². The van der Waals surface area contributed by atoms with Gasteiger partial charge in [-0.05, 0) is 82.6 Å². The van der Waals surface area contributed by atoms with Crippen LogP contribution >= 0.6 is 0 Å². The van der Waals surface area contributed by atoms with Crippen molar-refractivity contribution in [3.8, 4) is 11.5 Å². The molecule has 1 aliphatic rings. The molecule has 1 heterocycles. The van der Waals surface area contributed by atoms with E-state index >= 15 is 0 Å². The van der Waals surface area contributed by atoms with E-state index in [-0.39, 0.29) is 6.09 Å². The Kier molecular flexibility index (Phi) is 9.04. The number of hydrogen-bond acceptors (Lipinski definition) is 4. The number of carbonyl (C=O) groups excluding carboxylic acids is 1. The van der Waals surface area contributed by atoms with Crippen molar-refractivity contribution in [3.05, 3.63) is 59.7 Å². The number of carbonyl (C=O) groups is 1. The first-order chi connectivity index (χ1) is 15.9. The molecule has 3 rings (SSSR count). The second-order valence-electron chi connectivity index (χ2n) is 9.87. The van der Waals surface area contributed by atoms with E-state index in [4.69, 9.17) is 14.2 Å². The van der Waals surface area contributed by atoms with Crippen molar-refractivity contribution in [2.45, 2.75) is 64.9 Å². The summed E-state index contributed by atoms with van der Waals surface area (Å²) >= 11 is 0. The number of amides is 1. The molecule has 1 fully saturated rings. The molecule has 2 aromatic rings. The molecule has 1 amide bonds. The number of ether oxygens (including phenoxy) is 3. The molecule has 33 heavy (non-hydrogen) atoms. The highest BCUT2D eigenvalue weighted by atomic mass is 16.6. The lowest BCUT2D eigenvalue weighted by atomic mass is 9.99. The van der Waals surface area contributed by atoms with Gasteiger partial charge in [0.1, 0.15) is 17.1 Å². The van der Waals surface area contributed by atoms with E-state index in [0.29, 0.717) is 19.1 Å². The van der Waals surface area contributed by atoms with E-state index in [1.807, 2.05) is 43.9 Å². The van der Waals surface area contributed by atoms with Gasteiger partial charge >= 0.3 is 6.09 Å². The number of nitrogens with zero attached hydrogens (tertiary/aromatic N) is 1. The molecule has 0 spiro atoms. The summed E-state index contributed by atoms with van der Waals surface area (Å²) in [6.07, 6.45) is 6.02. The number of piperidine rings is 1. The summed E-state index contributed by atoms with van der Waals surface area (Å²) in [6.45, 7) is 7.79. The van der Waals surface area contributed by atoms with Crippen LogP contribution in [-0.4, -0.2) is 43.4 Å². The summed E-state index contributed by atoms with van der Waals surface area (Å²) in [4.78, 5) is 14.3. The molecule has 0 aliphatic carbocycles. The van der Waals surface area contributed by atoms with Crippen molar-refractivity contribution in [1.29, 1.82) is 0 Å². The largest absolute Gasteiger partial charge is 0.496 e. The van der Waals surface area contributed by atoms with Crippen molar-refractivity contribution in [3.63, 3.8) is 0 Å². The molecule has 1 aliphatic heterocycles. The monoisotopic (exact) mass is 453 g/mol. The van der Waals surface area contributed by atoms with Gasteiger partial charge in [0.05, 0.1) is 13.7 Å². The Morgan fingerprint density at radius 3 is 2.21 bits per heavy atom. The highest BCUT2D eigenvalue weighted by molar-refractivity contribution is 5.68. The molecule has 0 N–H and O–H groups in total. The van der Waals surface area contributed by atoms with Crippen molar-refractivity contribution >= 4 is 6.09 Å². The summed E-state index contributed by atoms with van der Waals surface area (Å²) in [5, 5.41) is 0. The predicted molar refractivity (Wildman–Crippen MR) is 132 cm³/mol. The molecule has 1 unspecified atom stereocenters. The van der Waals surface area contributed by atoms with Crippen molar-refractivity contribution < 1.29 is 19.0 Å². The van der Waals surface area contributed by atoms with Gasteiger partial charge in [-0.1, -0.05) is 36.4 Å². The third-order valence-electron chi connectivity index (χ3n) is 5.95. The molecule has 2 aromatic carbocycles. The number of unbranched alkanes of at least 4 members (excludes halogenated alkanes) is 1. The average molecular weight is 454 g/mol. The summed E-state index contributed by atoms with van der Waals surface area (Å²) in [6, 6.07) is 16.6. The van der Waals surface area contributed by atoms with Gasteiger partial charge in [-0.3, -0.25) is 0 Å². The fraction of sp³-hybridized carbons (Fsp3) is 0.536. The summed E-state index contributed by atoms with van der Waals surface area (Å²) < 4.78 is 17.3. The van der Waals surface area contributed by atoms with E-state index in [0.717, 1.165) is 56.6 Å². The minimum atomic E-state index is -0.467. The van der Waals surface area contributed by atoms with Crippen LogP contribution in [0.1, 0.15) is 57.6 Å². The maximum atomic E-state index is 12.4. The lowest BCUT2D eigenvalue weighted by Gasteiger charge is -2.34. The number of benzene rings is 2. The van der Waals surface area contributed by atoms with Crippen molar-refractivity contribution in [2.75, 3.05) is 26.8 Å². The van der Waals surface area contributed by atoms with Gasteiger partial charge in [0.2, 0.25) is 0 Å². The Bertz CT molecular complexity index is 889. The molecule has 0 aromatic heterocycles. The third-order valence-corrected chi connectivity index (χ3v) is 5.95. The quantitative estimate of drug-likeness (QED) is 0.419. The first kappa shape index (κ1) is 24.9. The van der Waals surface area contributed by atoms with Gasteiger partial charge < -0.3 is 19.1 Å². The number of methoxy groups -OCH3 is 1. The van der Waals surface area contributed by atoms with Gasteiger partial charge in [0.25, 0.3) is 0 Å². The van der Waals surface area contributed by atoms with Gasteiger partial charge in [-0.2, -0.15) is 0 Å². The molecular formula is C28H39NO4. The van der Waals surface area contributed by atoms with Gasteiger partial charge in [0, 0.05) is 19.0 Å². The Labute approximate surface area is 199 Å². The molecule has 0 radical (unpaired) electrons. The first-order valence-electron chi connectivity index (χ1n) is 12.2. The van der Waals surface area contributed by atoms with E-state index in [1.54, 1.807) is 7.11 Å². The third kappa shape index (κ3) is 7.99. The maximum Gasteiger partial charge on any atom is 0.410 e. The van der Waals surface area contributed by atoms with Gasteiger partial charge in [-0.25, -0.2) is 4.79 Å². The SMILES string of the molecule is COc1ccccc1CCCCc1ccccc1OCC1CCCN(C(=O)OC(C)(C)C)C1. The molecule has 0 saturated carbocycles. The number of aryl methyl sites for hydroxylation is 2. The highest BCUT2D eigenvalue weighted by Gasteiger charge is 2.28. The van der Waals surface area contributed by atoms with Crippen LogP contribution in [0.4, 0.5) is 4.79 Å². The van der Waals surface area contributed by atoms with Crippen LogP contribution < -0.4 is 9.47 Å². The Morgan fingerprint density at radius 1 is 0.970 bits per heavy atom. The molecule has 5 nitrogen and oxygen atoms in total. The van der Waals surface area contributed by atoms with Crippen molar-refractivity contribution in [2.24, 2.45) is 5.92 Å². The van der Waals surface area contributed by atoms with Crippen LogP contribution in [-0.2, 0) is 17.6 Å². The number of para-hydroxylation sites is 2. The van der Waals surface area contributed by atoms with Gasteiger partial charge in [0.15, 0.2) is 0 Å². The summed E-state index contributed by atoms with van der Waals surface area (Å²) in [5.41, 5.74) is 2.04. The molecule has 1 saturated heterocycles. The maximum absolute atomic E-state index is 12.4. The van der Waals surface area contributed by atoms with E-state index in [9.17, 15) is 4.79 Å². The van der Waals surface area contributed by atoms with E-state index in [2.05, 4.69) is 30.3 Å². The zero-order chi connectivity index (χ0) is 23.7. The highest BCUT2D eigenvalue weighted by Crippen LogP contribution is 2.25. The fourth-order valence-electron chi connectivity index (χ4n) is 4.29. The van der Waals surface area contributed by atoms with Crippen LogP contribution in [0.15, 0.2) is 48.5 Å². The van der Waals surface area contributed by atoms with Gasteiger partial charge in [-0.15, -0.1) is 0 Å². The normalized spacial score (nSPS) is 16.4. The summed E-state index contributed by atoms with van der Waals surface area (Å²) in [5.74, 6) is 2.25. The predicted octanol–water partition coefficient (Wildman–Crippen LogP) is 6.29. The second-order valence-corrected chi connectivity index (χ2v) is 9.87. The van der Waals surface area contributed by atoms with Crippen LogP contribution in [0.25, 0.3) is 0 Å². The first-order valence-corrected chi connectivity index (χ1v) is 12.2. The summed E-state index contributed by atoms with van der Waals surface area (Å²) in [7, 11) is 1.73. The van der Waals surface area contributed by atoms with E-state index < -0.39 is 5.60 Å². The number of rotatable bonds is 9. The topological polar surface area (TPSA) is 48.0 Å². The Morgan fingerprint density at radius 2 is 1.58 bits per heavy atom. The minimum Gasteiger partial charge on any atom is -0.496 e. The molecule has 1 atom stereocenters. The van der Waals surface area contributed by atoms with Crippen molar-refractivity contribution in [1.82, 2.24) is 4.90 Å². The zero-order valence-corrected chi connectivity index (χ0v) is 20.6. The standard InChI is InChI=1S/C28H39NO4/c1-28(2,3)33-27(30)29-19-11-12-22(20-29)21-32-26-18-10-8-16-24(26)15-6-5-13-23-14-7-9-17-25(23)31-4/h7-10,14,16-18,22H,5-6,11-13,15,19-21H2,1-4H3. The van der Waals surface area contributed by atoms with Crippen LogP contribution in [0, 0.1) is 5.92 Å².